The highest BCUT2D eigenvalue weighted by Crippen LogP contribution is 2.30. The minimum Gasteiger partial charge on any atom is -0.369 e. The maximum atomic E-state index is 13.8. The molecule has 0 heterocycles. The first-order valence-electron chi connectivity index (χ1n) is 5.94. The van der Waals surface area contributed by atoms with Crippen molar-refractivity contribution in [2.24, 2.45) is 5.73 Å². The molecule has 0 saturated heterocycles. The van der Waals surface area contributed by atoms with Crippen LogP contribution in [0.1, 0.15) is 56.2 Å². The molecule has 1 rings (SSSR count). The zero-order chi connectivity index (χ0) is 13.2. The second kappa shape index (κ2) is 5.30. The van der Waals surface area contributed by atoms with E-state index in [0.717, 1.165) is 11.1 Å². The zero-order valence-electron chi connectivity index (χ0n) is 10.9. The summed E-state index contributed by atoms with van der Waals surface area (Å²) in [5.74, 6) is -0.370. The predicted octanol–water partition coefficient (Wildman–Crippen LogP) is 3.10. The summed E-state index contributed by atoms with van der Waals surface area (Å²) >= 11 is 0. The number of nitrogens with two attached hydrogens (primary N) is 1. The van der Waals surface area contributed by atoms with E-state index in [9.17, 15) is 9.18 Å². The van der Waals surface area contributed by atoms with Gasteiger partial charge in [-0.15, -0.1) is 0 Å². The molecule has 3 heteroatoms. The Morgan fingerprint density at radius 2 is 1.82 bits per heavy atom. The number of hydrogen-bond donors (Lipinski definition) is 1. The van der Waals surface area contributed by atoms with Crippen molar-refractivity contribution < 1.29 is 9.18 Å². The lowest BCUT2D eigenvalue weighted by Crippen LogP contribution is -2.18. The van der Waals surface area contributed by atoms with E-state index in [1.54, 1.807) is 6.07 Å². The number of primary amides is 1. The first kappa shape index (κ1) is 13.7. The summed E-state index contributed by atoms with van der Waals surface area (Å²) in [6.45, 7) is 7.91. The lowest BCUT2D eigenvalue weighted by molar-refractivity contribution is -0.117. The Morgan fingerprint density at radius 3 is 2.24 bits per heavy atom. The molecule has 0 spiro atoms. The summed E-state index contributed by atoms with van der Waals surface area (Å²) in [4.78, 5) is 11.1. The molecular formula is C14H20FNO. The second-order valence-corrected chi connectivity index (χ2v) is 4.98. The minimum absolute atomic E-state index is 0.0445. The number of amides is 1. The predicted molar refractivity (Wildman–Crippen MR) is 67.5 cm³/mol. The van der Waals surface area contributed by atoms with Crippen LogP contribution in [0.2, 0.25) is 0 Å². The summed E-state index contributed by atoms with van der Waals surface area (Å²) in [6, 6.07) is 3.24. The molecule has 1 aromatic carbocycles. The summed E-state index contributed by atoms with van der Waals surface area (Å²) < 4.78 is 13.8. The van der Waals surface area contributed by atoms with Crippen LogP contribution in [0.15, 0.2) is 12.1 Å². The highest BCUT2D eigenvalue weighted by atomic mass is 19.1. The normalized spacial score (nSPS) is 11.2. The van der Waals surface area contributed by atoms with Gasteiger partial charge < -0.3 is 5.73 Å². The van der Waals surface area contributed by atoms with Crippen LogP contribution >= 0.6 is 0 Å². The third-order valence-corrected chi connectivity index (χ3v) is 2.89. The van der Waals surface area contributed by atoms with Gasteiger partial charge >= 0.3 is 0 Å². The van der Waals surface area contributed by atoms with E-state index in [4.69, 9.17) is 5.73 Å². The van der Waals surface area contributed by atoms with Crippen LogP contribution in [0, 0.1) is 5.82 Å². The van der Waals surface area contributed by atoms with Gasteiger partial charge in [-0.1, -0.05) is 33.8 Å². The summed E-state index contributed by atoms with van der Waals surface area (Å²) in [5.41, 5.74) is 7.65. The Morgan fingerprint density at radius 1 is 1.24 bits per heavy atom. The SMILES string of the molecule is CC(C)c1ccc(F)c(C(C)C)c1CC(N)=O. The quantitative estimate of drug-likeness (QED) is 0.859. The van der Waals surface area contributed by atoms with Gasteiger partial charge in [0.05, 0.1) is 6.42 Å². The number of carbonyl (C=O) groups is 1. The number of benzene rings is 1. The van der Waals surface area contributed by atoms with Gasteiger partial charge in [0.2, 0.25) is 5.91 Å². The number of rotatable bonds is 4. The number of carbonyl (C=O) groups excluding carboxylic acids is 1. The molecule has 1 amide bonds. The highest BCUT2D eigenvalue weighted by Gasteiger charge is 2.19. The van der Waals surface area contributed by atoms with E-state index in [0.29, 0.717) is 5.56 Å². The maximum Gasteiger partial charge on any atom is 0.221 e. The third kappa shape index (κ3) is 3.05. The molecule has 94 valence electrons. The van der Waals surface area contributed by atoms with Gasteiger partial charge in [-0.3, -0.25) is 4.79 Å². The third-order valence-electron chi connectivity index (χ3n) is 2.89. The first-order valence-corrected chi connectivity index (χ1v) is 5.94. The van der Waals surface area contributed by atoms with Crippen molar-refractivity contribution >= 4 is 5.91 Å². The van der Waals surface area contributed by atoms with Crippen LogP contribution in [-0.2, 0) is 11.2 Å². The van der Waals surface area contributed by atoms with E-state index in [1.165, 1.54) is 6.07 Å². The van der Waals surface area contributed by atoms with E-state index in [-0.39, 0.29) is 24.1 Å². The van der Waals surface area contributed by atoms with E-state index >= 15 is 0 Å². The fraction of sp³-hybridized carbons (Fsp3) is 0.500. The van der Waals surface area contributed by atoms with Crippen molar-refractivity contribution in [1.29, 1.82) is 0 Å². The Balaban J connectivity index is 3.43. The molecule has 0 aromatic heterocycles. The van der Waals surface area contributed by atoms with Crippen molar-refractivity contribution in [1.82, 2.24) is 0 Å². The largest absolute Gasteiger partial charge is 0.369 e. The van der Waals surface area contributed by atoms with Gasteiger partial charge in [0.1, 0.15) is 5.82 Å². The summed E-state index contributed by atoms with van der Waals surface area (Å²) in [6.07, 6.45) is 0.110. The van der Waals surface area contributed by atoms with E-state index in [2.05, 4.69) is 0 Å². The zero-order valence-corrected chi connectivity index (χ0v) is 10.9. The topological polar surface area (TPSA) is 43.1 Å². The average molecular weight is 237 g/mol. The van der Waals surface area contributed by atoms with Gasteiger partial charge in [-0.05, 0) is 34.6 Å². The Bertz CT molecular complexity index is 424. The molecule has 0 saturated carbocycles. The Hall–Kier alpha value is -1.38. The molecule has 0 fully saturated rings. The molecule has 1 aromatic rings. The molecule has 2 nitrogen and oxygen atoms in total. The minimum atomic E-state index is -0.417. The molecule has 0 radical (unpaired) electrons. The van der Waals surface area contributed by atoms with Crippen molar-refractivity contribution in [3.05, 3.63) is 34.6 Å². The fourth-order valence-electron chi connectivity index (χ4n) is 2.19. The summed E-state index contributed by atoms with van der Waals surface area (Å²) in [5, 5.41) is 0. The molecule has 2 N–H and O–H groups in total. The van der Waals surface area contributed by atoms with Crippen molar-refractivity contribution in [2.75, 3.05) is 0 Å². The van der Waals surface area contributed by atoms with Gasteiger partial charge in [0.15, 0.2) is 0 Å². The van der Waals surface area contributed by atoms with Crippen molar-refractivity contribution in [3.63, 3.8) is 0 Å². The lowest BCUT2D eigenvalue weighted by atomic mass is 9.86. The maximum absolute atomic E-state index is 13.8. The number of hydrogen-bond acceptors (Lipinski definition) is 1. The monoisotopic (exact) mass is 237 g/mol. The number of halogens is 1. The Kier molecular flexibility index (Phi) is 4.27. The fourth-order valence-corrected chi connectivity index (χ4v) is 2.19. The van der Waals surface area contributed by atoms with Crippen LogP contribution in [0.5, 0.6) is 0 Å². The van der Waals surface area contributed by atoms with Crippen LogP contribution in [0.25, 0.3) is 0 Å². The van der Waals surface area contributed by atoms with Gasteiger partial charge in [-0.25, -0.2) is 4.39 Å². The lowest BCUT2D eigenvalue weighted by Gasteiger charge is -2.19. The first-order chi connectivity index (χ1) is 7.84. The summed E-state index contributed by atoms with van der Waals surface area (Å²) in [7, 11) is 0. The molecule has 0 unspecified atom stereocenters. The molecule has 0 atom stereocenters. The van der Waals surface area contributed by atoms with Crippen LogP contribution < -0.4 is 5.73 Å². The van der Waals surface area contributed by atoms with Gasteiger partial charge in [-0.2, -0.15) is 0 Å². The van der Waals surface area contributed by atoms with Crippen molar-refractivity contribution in [2.45, 2.75) is 46.0 Å². The molecule has 0 aliphatic carbocycles. The van der Waals surface area contributed by atoms with E-state index < -0.39 is 5.91 Å². The highest BCUT2D eigenvalue weighted by molar-refractivity contribution is 5.77. The van der Waals surface area contributed by atoms with Gasteiger partial charge in [0.25, 0.3) is 0 Å². The Labute approximate surface area is 102 Å². The molecular weight excluding hydrogens is 217 g/mol. The van der Waals surface area contributed by atoms with Crippen LogP contribution in [0.3, 0.4) is 0 Å². The standard InChI is InChI=1S/C14H20FNO/c1-8(2)10-5-6-12(15)14(9(3)4)11(10)7-13(16)17/h5-6,8-9H,7H2,1-4H3,(H2,16,17). The molecule has 0 aliphatic heterocycles. The molecule has 17 heavy (non-hydrogen) atoms. The van der Waals surface area contributed by atoms with Gasteiger partial charge in [0, 0.05) is 0 Å². The van der Waals surface area contributed by atoms with E-state index in [1.807, 2.05) is 27.7 Å². The smallest absolute Gasteiger partial charge is 0.221 e. The molecule has 0 aliphatic rings. The molecule has 0 bridgehead atoms. The van der Waals surface area contributed by atoms with Crippen LogP contribution in [-0.4, -0.2) is 5.91 Å². The second-order valence-electron chi connectivity index (χ2n) is 4.98. The average Bonchev–Trinajstić information content (AvgIpc) is 2.15. The van der Waals surface area contributed by atoms with Crippen LogP contribution in [0.4, 0.5) is 4.39 Å². The van der Waals surface area contributed by atoms with Crippen molar-refractivity contribution in [3.8, 4) is 0 Å².